The van der Waals surface area contributed by atoms with Crippen LogP contribution in [0, 0.1) is 0 Å². The van der Waals surface area contributed by atoms with Crippen molar-refractivity contribution in [2.24, 2.45) is 0 Å². The molecule has 1 fully saturated rings. The van der Waals surface area contributed by atoms with Crippen molar-refractivity contribution >= 4 is 23.3 Å². The Morgan fingerprint density at radius 2 is 1.97 bits per heavy atom. The Morgan fingerprint density at radius 3 is 2.75 bits per heavy atom. The number of rotatable bonds is 8. The predicted octanol–water partition coefficient (Wildman–Crippen LogP) is 4.70. The van der Waals surface area contributed by atoms with Gasteiger partial charge in [-0.2, -0.15) is 5.10 Å². The molecule has 1 atom stereocenters. The third kappa shape index (κ3) is 5.26. The molecule has 0 radical (unpaired) electrons. The van der Waals surface area contributed by atoms with Crippen LogP contribution in [0.25, 0.3) is 11.1 Å². The molecule has 186 valence electrons. The largest absolute Gasteiger partial charge is 0.309 e. The average molecular weight is 484 g/mol. The number of aromatic nitrogens is 2. The summed E-state index contributed by atoms with van der Waals surface area (Å²) in [6.07, 6.45) is 6.76. The fourth-order valence-electron chi connectivity index (χ4n) is 4.64. The highest BCUT2D eigenvalue weighted by molar-refractivity contribution is 6.03. The van der Waals surface area contributed by atoms with Crippen molar-refractivity contribution in [3.63, 3.8) is 0 Å². The maximum Gasteiger partial charge on any atom is 0.250 e. The number of nitrogens with zero attached hydrogens (tertiary/aromatic N) is 3. The van der Waals surface area contributed by atoms with Gasteiger partial charge in [-0.15, -0.1) is 0 Å². The van der Waals surface area contributed by atoms with Crippen LogP contribution < -0.4 is 10.2 Å². The zero-order chi connectivity index (χ0) is 25.2. The molecule has 5 rings (SSSR count). The number of nitrogens with one attached hydrogen (secondary N) is 2. The van der Waals surface area contributed by atoms with Crippen LogP contribution in [0.3, 0.4) is 0 Å². The number of carbonyl (C=O) groups is 2. The molecular weight excluding hydrogens is 450 g/mol. The molecule has 7 nitrogen and oxygen atoms in total. The van der Waals surface area contributed by atoms with E-state index in [4.69, 9.17) is 0 Å². The van der Waals surface area contributed by atoms with Crippen molar-refractivity contribution in [2.45, 2.75) is 38.0 Å². The van der Waals surface area contributed by atoms with Crippen molar-refractivity contribution in [3.8, 4) is 11.1 Å². The first-order valence-electron chi connectivity index (χ1n) is 12.6. The van der Waals surface area contributed by atoms with Crippen LogP contribution in [0.2, 0.25) is 0 Å². The molecule has 3 aromatic rings. The molecule has 1 aliphatic heterocycles. The van der Waals surface area contributed by atoms with E-state index in [0.29, 0.717) is 18.3 Å². The monoisotopic (exact) mass is 483 g/mol. The van der Waals surface area contributed by atoms with Crippen molar-refractivity contribution in [3.05, 3.63) is 77.5 Å². The van der Waals surface area contributed by atoms with Gasteiger partial charge in [0.1, 0.15) is 0 Å². The fourth-order valence-corrected chi connectivity index (χ4v) is 4.64. The quantitative estimate of drug-likeness (QED) is 0.455. The molecule has 1 aromatic heterocycles. The van der Waals surface area contributed by atoms with Gasteiger partial charge < -0.3 is 15.1 Å². The zero-order valence-electron chi connectivity index (χ0n) is 21.1. The van der Waals surface area contributed by atoms with Gasteiger partial charge in [-0.25, -0.2) is 0 Å². The van der Waals surface area contributed by atoms with Gasteiger partial charge in [-0.3, -0.25) is 14.7 Å². The van der Waals surface area contributed by atoms with Crippen molar-refractivity contribution in [2.75, 3.05) is 37.4 Å². The van der Waals surface area contributed by atoms with Crippen LogP contribution >= 0.6 is 0 Å². The number of H-pyrrole nitrogens is 1. The van der Waals surface area contributed by atoms with Gasteiger partial charge in [-0.05, 0) is 74.7 Å². The Labute approximate surface area is 212 Å². The summed E-state index contributed by atoms with van der Waals surface area (Å²) in [5.41, 5.74) is 6.34. The highest BCUT2D eigenvalue weighted by Gasteiger charge is 2.26. The maximum atomic E-state index is 12.9. The van der Waals surface area contributed by atoms with Crippen LogP contribution in [0.1, 0.15) is 48.4 Å². The standard InChI is InChI=1S/C29H33N5O2/c1-19(29(36)30-27-18-25(31-32-27)20-9-10-20)21-6-4-7-22(16-21)23-11-12-26-24(17-23)13-15-34(26)28(35)8-5-14-33(2)3/h4-8,11-12,16-20H,9-10,13-15H2,1-3H3,(H2,30,31,32,36)/b8-5+. The summed E-state index contributed by atoms with van der Waals surface area (Å²) in [6, 6.07) is 16.3. The predicted molar refractivity (Wildman–Crippen MR) is 143 cm³/mol. The molecule has 7 heteroatoms. The highest BCUT2D eigenvalue weighted by Crippen LogP contribution is 2.39. The summed E-state index contributed by atoms with van der Waals surface area (Å²) in [4.78, 5) is 29.5. The smallest absolute Gasteiger partial charge is 0.250 e. The second-order valence-corrected chi connectivity index (χ2v) is 10.1. The van der Waals surface area contributed by atoms with E-state index in [1.165, 1.54) is 18.4 Å². The molecule has 2 heterocycles. The Bertz CT molecular complexity index is 1300. The number of amides is 2. The zero-order valence-corrected chi connectivity index (χ0v) is 21.1. The molecule has 0 bridgehead atoms. The van der Waals surface area contributed by atoms with Gasteiger partial charge in [0.15, 0.2) is 5.82 Å². The number of anilines is 2. The van der Waals surface area contributed by atoms with Crippen LogP contribution in [0.4, 0.5) is 11.5 Å². The summed E-state index contributed by atoms with van der Waals surface area (Å²) >= 11 is 0. The normalized spacial score (nSPS) is 15.9. The third-order valence-corrected chi connectivity index (χ3v) is 6.95. The molecule has 0 saturated heterocycles. The van der Waals surface area contributed by atoms with Crippen molar-refractivity contribution in [1.29, 1.82) is 0 Å². The average Bonchev–Trinajstić information content (AvgIpc) is 3.47. The number of aromatic amines is 1. The first-order valence-corrected chi connectivity index (χ1v) is 12.6. The lowest BCUT2D eigenvalue weighted by molar-refractivity contribution is -0.117. The van der Waals surface area contributed by atoms with E-state index in [2.05, 4.69) is 39.8 Å². The summed E-state index contributed by atoms with van der Waals surface area (Å²) in [5.74, 6) is 0.772. The summed E-state index contributed by atoms with van der Waals surface area (Å²) in [7, 11) is 3.96. The molecule has 0 spiro atoms. The van der Waals surface area contributed by atoms with E-state index in [1.807, 2.05) is 61.2 Å². The van der Waals surface area contributed by atoms with Gasteiger partial charge in [0.25, 0.3) is 5.91 Å². The minimum atomic E-state index is -0.317. The topological polar surface area (TPSA) is 81.3 Å². The summed E-state index contributed by atoms with van der Waals surface area (Å²) < 4.78 is 0. The maximum absolute atomic E-state index is 12.9. The van der Waals surface area contributed by atoms with E-state index in [-0.39, 0.29) is 17.7 Å². The van der Waals surface area contributed by atoms with Gasteiger partial charge >= 0.3 is 0 Å². The molecule has 2 aromatic carbocycles. The molecule has 1 aliphatic carbocycles. The minimum absolute atomic E-state index is 0.0198. The molecule has 36 heavy (non-hydrogen) atoms. The molecule has 2 N–H and O–H groups in total. The third-order valence-electron chi connectivity index (χ3n) is 6.95. The molecule has 1 saturated carbocycles. The first-order chi connectivity index (χ1) is 17.4. The van der Waals surface area contributed by atoms with E-state index >= 15 is 0 Å². The minimum Gasteiger partial charge on any atom is -0.309 e. The SMILES string of the molecule is CC(C(=O)Nc1cc(C2CC2)[nH]n1)c1cccc(-c2ccc3c(c2)CCN3C(=O)/C=C/CN(C)C)c1. The second kappa shape index (κ2) is 10.1. The summed E-state index contributed by atoms with van der Waals surface area (Å²) in [6.45, 7) is 3.34. The van der Waals surface area contributed by atoms with Crippen LogP contribution in [-0.4, -0.2) is 54.1 Å². The van der Waals surface area contributed by atoms with E-state index in [1.54, 1.807) is 6.08 Å². The van der Waals surface area contributed by atoms with Gasteiger partial charge in [-0.1, -0.05) is 36.4 Å². The van der Waals surface area contributed by atoms with Crippen LogP contribution in [-0.2, 0) is 16.0 Å². The van der Waals surface area contributed by atoms with Crippen molar-refractivity contribution in [1.82, 2.24) is 15.1 Å². The van der Waals surface area contributed by atoms with Crippen molar-refractivity contribution < 1.29 is 9.59 Å². The Hall–Kier alpha value is -3.71. The van der Waals surface area contributed by atoms with Gasteiger partial charge in [0.05, 0.1) is 5.92 Å². The molecular formula is C29H33N5O2. The van der Waals surface area contributed by atoms with Gasteiger partial charge in [0, 0.05) is 42.5 Å². The fraction of sp³-hybridized carbons (Fsp3) is 0.345. The van der Waals surface area contributed by atoms with E-state index in [0.717, 1.165) is 41.0 Å². The summed E-state index contributed by atoms with van der Waals surface area (Å²) in [5, 5.41) is 10.2. The van der Waals surface area contributed by atoms with Crippen LogP contribution in [0.15, 0.2) is 60.7 Å². The van der Waals surface area contributed by atoms with E-state index < -0.39 is 0 Å². The number of hydrogen-bond acceptors (Lipinski definition) is 4. The molecule has 2 aliphatic rings. The lowest BCUT2D eigenvalue weighted by Crippen LogP contribution is -2.27. The van der Waals surface area contributed by atoms with E-state index in [9.17, 15) is 9.59 Å². The highest BCUT2D eigenvalue weighted by atomic mass is 16.2. The Balaban J connectivity index is 1.28. The Morgan fingerprint density at radius 1 is 1.17 bits per heavy atom. The molecule has 2 amide bonds. The number of benzene rings is 2. The Kier molecular flexibility index (Phi) is 6.74. The number of likely N-dealkylation sites (N-methyl/N-ethyl adjacent to an activating group) is 1. The number of fused-ring (bicyclic) bond motifs is 1. The lowest BCUT2D eigenvalue weighted by atomic mass is 9.94. The second-order valence-electron chi connectivity index (χ2n) is 10.1. The lowest BCUT2D eigenvalue weighted by Gasteiger charge is -2.16. The molecule has 1 unspecified atom stereocenters. The number of hydrogen-bond donors (Lipinski definition) is 2. The number of carbonyl (C=O) groups excluding carboxylic acids is 2. The van der Waals surface area contributed by atoms with Crippen LogP contribution in [0.5, 0.6) is 0 Å². The van der Waals surface area contributed by atoms with Gasteiger partial charge in [0.2, 0.25) is 5.91 Å². The first kappa shape index (κ1) is 24.0.